The van der Waals surface area contributed by atoms with Crippen LogP contribution >= 0.6 is 11.6 Å². The molecule has 0 heterocycles. The lowest BCUT2D eigenvalue weighted by molar-refractivity contribution is -0.140. The lowest BCUT2D eigenvalue weighted by Gasteiger charge is -2.27. The van der Waals surface area contributed by atoms with E-state index in [-0.39, 0.29) is 11.6 Å². The molecule has 0 saturated carbocycles. The number of carbonyl (C=O) groups excluding carboxylic acids is 1. The molecule has 0 aliphatic heterocycles. The van der Waals surface area contributed by atoms with Crippen LogP contribution in [0.1, 0.15) is 36.2 Å². The van der Waals surface area contributed by atoms with Gasteiger partial charge in [0.15, 0.2) is 0 Å². The van der Waals surface area contributed by atoms with E-state index in [9.17, 15) is 22.4 Å². The van der Waals surface area contributed by atoms with Crippen LogP contribution in [0.5, 0.6) is 0 Å². The van der Waals surface area contributed by atoms with Gasteiger partial charge in [-0.15, -0.1) is 11.6 Å². The molecule has 0 aromatic heterocycles. The van der Waals surface area contributed by atoms with E-state index in [0.717, 1.165) is 6.07 Å². The summed E-state index contributed by atoms with van der Waals surface area (Å²) in [4.78, 5) is 13.7. The molecule has 0 aliphatic carbocycles. The van der Waals surface area contributed by atoms with Gasteiger partial charge in [0, 0.05) is 24.0 Å². The van der Waals surface area contributed by atoms with Crippen LogP contribution in [0.15, 0.2) is 18.2 Å². The number of nitrogens with zero attached hydrogens (tertiary/aromatic N) is 1. The van der Waals surface area contributed by atoms with E-state index in [2.05, 4.69) is 0 Å². The first-order valence-electron chi connectivity index (χ1n) is 6.42. The number of halogens is 5. The molecular weight excluding hydrogens is 310 g/mol. The second-order valence-corrected chi connectivity index (χ2v) is 5.21. The van der Waals surface area contributed by atoms with Gasteiger partial charge < -0.3 is 4.90 Å². The Morgan fingerprint density at radius 3 is 2.43 bits per heavy atom. The highest BCUT2D eigenvalue weighted by Crippen LogP contribution is 2.32. The highest BCUT2D eigenvalue weighted by Gasteiger charge is 2.35. The summed E-state index contributed by atoms with van der Waals surface area (Å²) >= 11 is 5.57. The highest BCUT2D eigenvalue weighted by molar-refractivity contribution is 6.17. The molecule has 7 heteroatoms. The summed E-state index contributed by atoms with van der Waals surface area (Å²) in [5, 5.41) is 0. The maximum Gasteiger partial charge on any atom is 0.419 e. The van der Waals surface area contributed by atoms with E-state index in [0.29, 0.717) is 31.0 Å². The van der Waals surface area contributed by atoms with Crippen molar-refractivity contribution in [2.45, 2.75) is 32.5 Å². The highest BCUT2D eigenvalue weighted by atomic mass is 35.5. The Labute approximate surface area is 125 Å². The topological polar surface area (TPSA) is 20.3 Å². The van der Waals surface area contributed by atoms with Crippen molar-refractivity contribution in [1.29, 1.82) is 0 Å². The van der Waals surface area contributed by atoms with Gasteiger partial charge in [-0.3, -0.25) is 4.79 Å². The minimum absolute atomic E-state index is 0.188. The molecule has 21 heavy (non-hydrogen) atoms. The predicted molar refractivity (Wildman–Crippen MR) is 72.9 cm³/mol. The second kappa shape index (κ2) is 7.11. The van der Waals surface area contributed by atoms with E-state index in [1.54, 1.807) is 13.8 Å². The first-order chi connectivity index (χ1) is 9.68. The van der Waals surface area contributed by atoms with Gasteiger partial charge in [-0.2, -0.15) is 13.2 Å². The van der Waals surface area contributed by atoms with Crippen LogP contribution in [-0.2, 0) is 6.18 Å². The summed E-state index contributed by atoms with van der Waals surface area (Å²) in [5.74, 6) is -1.62. The molecule has 1 rings (SSSR count). The molecule has 0 bridgehead atoms. The SMILES string of the molecule is CC(C)N(CCCCl)C(=O)c1ccc(F)c(C(F)(F)F)c1. The van der Waals surface area contributed by atoms with Crippen molar-refractivity contribution >= 4 is 17.5 Å². The summed E-state index contributed by atoms with van der Waals surface area (Å²) in [7, 11) is 0. The summed E-state index contributed by atoms with van der Waals surface area (Å²) in [6.07, 6.45) is -4.31. The maximum absolute atomic E-state index is 13.2. The summed E-state index contributed by atoms with van der Waals surface area (Å²) in [6, 6.07) is 2.08. The number of hydrogen-bond acceptors (Lipinski definition) is 1. The van der Waals surface area contributed by atoms with Crippen LogP contribution in [0.25, 0.3) is 0 Å². The minimum Gasteiger partial charge on any atom is -0.336 e. The number of amides is 1. The van der Waals surface area contributed by atoms with Crippen molar-refractivity contribution in [3.05, 3.63) is 35.1 Å². The molecule has 0 fully saturated rings. The zero-order valence-corrected chi connectivity index (χ0v) is 12.4. The van der Waals surface area contributed by atoms with Gasteiger partial charge in [0.1, 0.15) is 5.82 Å². The van der Waals surface area contributed by atoms with Gasteiger partial charge in [0.2, 0.25) is 0 Å². The lowest BCUT2D eigenvalue weighted by Crippen LogP contribution is -2.38. The van der Waals surface area contributed by atoms with Crippen LogP contribution in [0.4, 0.5) is 17.6 Å². The Morgan fingerprint density at radius 2 is 1.95 bits per heavy atom. The smallest absolute Gasteiger partial charge is 0.336 e. The second-order valence-electron chi connectivity index (χ2n) is 4.83. The molecule has 0 N–H and O–H groups in total. The number of rotatable bonds is 5. The molecule has 1 aromatic rings. The Bertz CT molecular complexity index is 502. The fourth-order valence-corrected chi connectivity index (χ4v) is 1.99. The summed E-state index contributed by atoms with van der Waals surface area (Å²) in [5.41, 5.74) is -1.62. The third-order valence-corrected chi connectivity index (χ3v) is 3.20. The Balaban J connectivity index is 3.11. The largest absolute Gasteiger partial charge is 0.419 e. The van der Waals surface area contributed by atoms with E-state index < -0.39 is 23.5 Å². The van der Waals surface area contributed by atoms with E-state index in [1.165, 1.54) is 4.90 Å². The van der Waals surface area contributed by atoms with Crippen LogP contribution < -0.4 is 0 Å². The van der Waals surface area contributed by atoms with Gasteiger partial charge in [-0.25, -0.2) is 4.39 Å². The maximum atomic E-state index is 13.2. The molecule has 0 saturated heterocycles. The molecule has 0 radical (unpaired) electrons. The number of carbonyl (C=O) groups is 1. The molecule has 1 aromatic carbocycles. The van der Waals surface area contributed by atoms with E-state index in [4.69, 9.17) is 11.6 Å². The molecule has 1 amide bonds. The Morgan fingerprint density at radius 1 is 1.33 bits per heavy atom. The molecule has 2 nitrogen and oxygen atoms in total. The van der Waals surface area contributed by atoms with Gasteiger partial charge in [-0.05, 0) is 38.5 Å². The standard InChI is InChI=1S/C14H16ClF4NO/c1-9(2)20(7-3-6-15)13(21)10-4-5-12(16)11(8-10)14(17,18)19/h4-5,8-9H,3,6-7H2,1-2H3. The zero-order chi connectivity index (χ0) is 16.2. The number of benzene rings is 1. The fraction of sp³-hybridized carbons (Fsp3) is 0.500. The average Bonchev–Trinajstić information content (AvgIpc) is 2.37. The van der Waals surface area contributed by atoms with Gasteiger partial charge in [0.25, 0.3) is 5.91 Å². The van der Waals surface area contributed by atoms with Crippen molar-refractivity contribution in [2.75, 3.05) is 12.4 Å². The average molecular weight is 326 g/mol. The molecule has 0 unspecified atom stereocenters. The van der Waals surface area contributed by atoms with Crippen molar-refractivity contribution in [3.8, 4) is 0 Å². The molecular formula is C14H16ClF4NO. The van der Waals surface area contributed by atoms with E-state index >= 15 is 0 Å². The van der Waals surface area contributed by atoms with Crippen molar-refractivity contribution in [2.24, 2.45) is 0 Å². The third-order valence-electron chi connectivity index (χ3n) is 2.94. The molecule has 118 valence electrons. The Hall–Kier alpha value is -1.30. The summed E-state index contributed by atoms with van der Waals surface area (Å²) in [6.45, 7) is 3.83. The molecule has 0 aliphatic rings. The zero-order valence-electron chi connectivity index (χ0n) is 11.7. The van der Waals surface area contributed by atoms with E-state index in [1.807, 2.05) is 0 Å². The fourth-order valence-electron chi connectivity index (χ4n) is 1.87. The normalized spacial score (nSPS) is 11.8. The van der Waals surface area contributed by atoms with Crippen molar-refractivity contribution < 1.29 is 22.4 Å². The number of hydrogen-bond donors (Lipinski definition) is 0. The van der Waals surface area contributed by atoms with Gasteiger partial charge in [-0.1, -0.05) is 0 Å². The first-order valence-corrected chi connectivity index (χ1v) is 6.95. The van der Waals surface area contributed by atoms with Crippen LogP contribution in [0, 0.1) is 5.82 Å². The first kappa shape index (κ1) is 17.8. The molecule has 0 atom stereocenters. The van der Waals surface area contributed by atoms with Crippen molar-refractivity contribution in [3.63, 3.8) is 0 Å². The van der Waals surface area contributed by atoms with Gasteiger partial charge >= 0.3 is 6.18 Å². The lowest BCUT2D eigenvalue weighted by atomic mass is 10.1. The van der Waals surface area contributed by atoms with Crippen LogP contribution in [-0.4, -0.2) is 29.3 Å². The van der Waals surface area contributed by atoms with Gasteiger partial charge in [0.05, 0.1) is 5.56 Å². The third kappa shape index (κ3) is 4.59. The van der Waals surface area contributed by atoms with Crippen LogP contribution in [0.2, 0.25) is 0 Å². The quantitative estimate of drug-likeness (QED) is 0.583. The van der Waals surface area contributed by atoms with Crippen molar-refractivity contribution in [1.82, 2.24) is 4.90 Å². The monoisotopic (exact) mass is 325 g/mol. The predicted octanol–water partition coefficient (Wildman–Crippen LogP) is 4.32. The molecule has 0 spiro atoms. The minimum atomic E-state index is -4.83. The Kier molecular flexibility index (Phi) is 6.01. The van der Waals surface area contributed by atoms with Crippen LogP contribution in [0.3, 0.4) is 0 Å². The summed E-state index contributed by atoms with van der Waals surface area (Å²) < 4.78 is 51.2. The number of alkyl halides is 4.